The molecule has 0 aliphatic rings. The van der Waals surface area contributed by atoms with Crippen LogP contribution in [0.4, 0.5) is 0 Å². The van der Waals surface area contributed by atoms with Gasteiger partial charge in [0.05, 0.1) is 19.8 Å². The predicted octanol–water partition coefficient (Wildman–Crippen LogP) is 2.78. The van der Waals surface area contributed by atoms with Gasteiger partial charge in [0.15, 0.2) is 0 Å². The first-order valence-corrected chi connectivity index (χ1v) is 5.98. The van der Waals surface area contributed by atoms with Gasteiger partial charge in [-0.25, -0.2) is 0 Å². The lowest BCUT2D eigenvalue weighted by Crippen LogP contribution is -2.12. The minimum absolute atomic E-state index is 0.0643. The van der Waals surface area contributed by atoms with E-state index < -0.39 is 0 Å². The lowest BCUT2D eigenvalue weighted by atomic mass is 10.1. The number of hydrogen-bond donors (Lipinski definition) is 2. The maximum Gasteiger partial charge on any atom is 0.142 e. The molecule has 0 spiro atoms. The zero-order valence-electron chi connectivity index (χ0n) is 11.3. The molecule has 2 rings (SSSR count). The highest BCUT2D eigenvalue weighted by Gasteiger charge is 2.10. The van der Waals surface area contributed by atoms with Crippen LogP contribution in [-0.4, -0.2) is 20.1 Å². The Kier molecular flexibility index (Phi) is 4.10. The van der Waals surface area contributed by atoms with E-state index >= 15 is 0 Å². The van der Waals surface area contributed by atoms with Gasteiger partial charge >= 0.3 is 0 Å². The SMILES string of the molecule is COc1cccc(Oc2cc(OC)ccc2C(=N)N)c1. The fraction of sp³-hybridized carbons (Fsp3) is 0.133. The number of nitrogens with one attached hydrogen (secondary N) is 1. The summed E-state index contributed by atoms with van der Waals surface area (Å²) in [6.45, 7) is 0. The number of nitrogens with two attached hydrogens (primary N) is 1. The van der Waals surface area contributed by atoms with Gasteiger partial charge in [0.25, 0.3) is 0 Å². The number of rotatable bonds is 5. The Labute approximate surface area is 117 Å². The second kappa shape index (κ2) is 5.97. The number of ether oxygens (including phenoxy) is 3. The summed E-state index contributed by atoms with van der Waals surface area (Å²) >= 11 is 0. The molecule has 0 saturated carbocycles. The van der Waals surface area contributed by atoms with Gasteiger partial charge < -0.3 is 19.9 Å². The predicted molar refractivity (Wildman–Crippen MR) is 77.1 cm³/mol. The van der Waals surface area contributed by atoms with E-state index in [0.717, 1.165) is 0 Å². The molecule has 3 N–H and O–H groups in total. The Bertz CT molecular complexity index is 626. The standard InChI is InChI=1S/C15H16N2O3/c1-18-10-4-3-5-12(8-10)20-14-9-11(19-2)6-7-13(14)15(16)17/h3-9H,1-2H3,(H3,16,17). The Morgan fingerprint density at radius 1 is 0.950 bits per heavy atom. The van der Waals surface area contributed by atoms with Crippen LogP contribution < -0.4 is 19.9 Å². The zero-order chi connectivity index (χ0) is 14.5. The summed E-state index contributed by atoms with van der Waals surface area (Å²) in [7, 11) is 3.16. The molecule has 0 amide bonds. The first-order valence-electron chi connectivity index (χ1n) is 5.98. The monoisotopic (exact) mass is 272 g/mol. The fourth-order valence-corrected chi connectivity index (χ4v) is 1.73. The van der Waals surface area contributed by atoms with Crippen LogP contribution in [0.3, 0.4) is 0 Å². The number of nitrogen functional groups attached to an aromatic ring is 1. The summed E-state index contributed by atoms with van der Waals surface area (Å²) in [5.74, 6) is 2.32. The molecule has 5 nitrogen and oxygen atoms in total. The van der Waals surface area contributed by atoms with E-state index in [9.17, 15) is 0 Å². The van der Waals surface area contributed by atoms with Crippen LogP contribution in [0.5, 0.6) is 23.0 Å². The number of benzene rings is 2. The molecule has 0 aromatic heterocycles. The molecule has 0 bridgehead atoms. The minimum Gasteiger partial charge on any atom is -0.497 e. The summed E-state index contributed by atoms with van der Waals surface area (Å²) in [4.78, 5) is 0. The van der Waals surface area contributed by atoms with E-state index in [0.29, 0.717) is 28.6 Å². The lowest BCUT2D eigenvalue weighted by Gasteiger charge is -2.12. The van der Waals surface area contributed by atoms with Gasteiger partial charge in [-0.05, 0) is 24.3 Å². The van der Waals surface area contributed by atoms with Crippen molar-refractivity contribution in [3.05, 3.63) is 48.0 Å². The second-order valence-electron chi connectivity index (χ2n) is 4.06. The Hall–Kier alpha value is -2.69. The Morgan fingerprint density at radius 2 is 1.60 bits per heavy atom. The maximum absolute atomic E-state index is 7.58. The Morgan fingerprint density at radius 3 is 2.25 bits per heavy atom. The molecule has 0 atom stereocenters. The molecule has 0 fully saturated rings. The molecule has 2 aromatic rings. The Balaban J connectivity index is 2.37. The van der Waals surface area contributed by atoms with Crippen molar-refractivity contribution in [3.63, 3.8) is 0 Å². The summed E-state index contributed by atoms with van der Waals surface area (Å²) in [6.07, 6.45) is 0. The number of hydrogen-bond acceptors (Lipinski definition) is 4. The van der Waals surface area contributed by atoms with Crippen LogP contribution in [0.1, 0.15) is 5.56 Å². The molecule has 2 aromatic carbocycles. The summed E-state index contributed by atoms with van der Waals surface area (Å²) in [5.41, 5.74) is 6.06. The summed E-state index contributed by atoms with van der Waals surface area (Å²) < 4.78 is 16.1. The molecule has 0 unspecified atom stereocenters. The molecule has 0 aliphatic carbocycles. The summed E-state index contributed by atoms with van der Waals surface area (Å²) in [6, 6.07) is 12.3. The van der Waals surface area contributed by atoms with E-state index in [1.165, 1.54) is 0 Å². The highest BCUT2D eigenvalue weighted by atomic mass is 16.5. The van der Waals surface area contributed by atoms with Crippen LogP contribution in [-0.2, 0) is 0 Å². The van der Waals surface area contributed by atoms with Gasteiger partial charge in [-0.15, -0.1) is 0 Å². The van der Waals surface area contributed by atoms with E-state index in [1.807, 2.05) is 12.1 Å². The molecule has 20 heavy (non-hydrogen) atoms. The van der Waals surface area contributed by atoms with E-state index in [-0.39, 0.29) is 5.84 Å². The largest absolute Gasteiger partial charge is 0.497 e. The maximum atomic E-state index is 7.58. The van der Waals surface area contributed by atoms with E-state index in [4.69, 9.17) is 25.4 Å². The van der Waals surface area contributed by atoms with Crippen LogP contribution in [0.25, 0.3) is 0 Å². The molecule has 0 saturated heterocycles. The first kappa shape index (κ1) is 13.7. The van der Waals surface area contributed by atoms with E-state index in [2.05, 4.69) is 0 Å². The molecule has 0 aliphatic heterocycles. The third-order valence-electron chi connectivity index (χ3n) is 2.75. The van der Waals surface area contributed by atoms with Crippen molar-refractivity contribution in [2.45, 2.75) is 0 Å². The van der Waals surface area contributed by atoms with Crippen molar-refractivity contribution in [3.8, 4) is 23.0 Å². The third kappa shape index (κ3) is 3.00. The summed E-state index contributed by atoms with van der Waals surface area (Å²) in [5, 5.41) is 7.58. The third-order valence-corrected chi connectivity index (χ3v) is 2.75. The van der Waals surface area contributed by atoms with Crippen molar-refractivity contribution < 1.29 is 14.2 Å². The second-order valence-corrected chi connectivity index (χ2v) is 4.06. The van der Waals surface area contributed by atoms with Crippen LogP contribution >= 0.6 is 0 Å². The van der Waals surface area contributed by atoms with Crippen molar-refractivity contribution >= 4 is 5.84 Å². The van der Waals surface area contributed by atoms with E-state index in [1.54, 1.807) is 44.6 Å². The fourth-order valence-electron chi connectivity index (χ4n) is 1.73. The molecule has 104 valence electrons. The smallest absolute Gasteiger partial charge is 0.142 e. The average molecular weight is 272 g/mol. The quantitative estimate of drug-likeness (QED) is 0.648. The molecule has 0 heterocycles. The van der Waals surface area contributed by atoms with Gasteiger partial charge in [0.1, 0.15) is 28.8 Å². The topological polar surface area (TPSA) is 77.6 Å². The molecule has 0 radical (unpaired) electrons. The number of amidine groups is 1. The van der Waals surface area contributed by atoms with Gasteiger partial charge in [0.2, 0.25) is 0 Å². The minimum atomic E-state index is -0.0643. The zero-order valence-corrected chi connectivity index (χ0v) is 11.3. The van der Waals surface area contributed by atoms with Crippen molar-refractivity contribution in [2.75, 3.05) is 14.2 Å². The first-order chi connectivity index (χ1) is 9.63. The van der Waals surface area contributed by atoms with Crippen molar-refractivity contribution in [2.24, 2.45) is 5.73 Å². The highest BCUT2D eigenvalue weighted by molar-refractivity contribution is 5.97. The van der Waals surface area contributed by atoms with Gasteiger partial charge in [-0.3, -0.25) is 5.41 Å². The normalized spacial score (nSPS) is 9.90. The van der Waals surface area contributed by atoms with Crippen LogP contribution in [0, 0.1) is 5.41 Å². The van der Waals surface area contributed by atoms with Crippen LogP contribution in [0.2, 0.25) is 0 Å². The lowest BCUT2D eigenvalue weighted by molar-refractivity contribution is 0.404. The number of methoxy groups -OCH3 is 2. The van der Waals surface area contributed by atoms with Gasteiger partial charge in [0, 0.05) is 12.1 Å². The van der Waals surface area contributed by atoms with Crippen molar-refractivity contribution in [1.29, 1.82) is 5.41 Å². The molecule has 5 heteroatoms. The van der Waals surface area contributed by atoms with Gasteiger partial charge in [-0.1, -0.05) is 6.07 Å². The molecular formula is C15H16N2O3. The average Bonchev–Trinajstić information content (AvgIpc) is 2.47. The van der Waals surface area contributed by atoms with Crippen molar-refractivity contribution in [1.82, 2.24) is 0 Å². The highest BCUT2D eigenvalue weighted by Crippen LogP contribution is 2.30. The van der Waals surface area contributed by atoms with Gasteiger partial charge in [-0.2, -0.15) is 0 Å². The van der Waals surface area contributed by atoms with Crippen LogP contribution in [0.15, 0.2) is 42.5 Å². The molecular weight excluding hydrogens is 256 g/mol.